The summed E-state index contributed by atoms with van der Waals surface area (Å²) in [6.45, 7) is 6.76. The van der Waals surface area contributed by atoms with E-state index < -0.39 is 11.6 Å². The number of amides is 1. The van der Waals surface area contributed by atoms with Crippen molar-refractivity contribution >= 4 is 17.3 Å². The Hall–Kier alpha value is -2.58. The van der Waals surface area contributed by atoms with Crippen LogP contribution in [-0.2, 0) is 23.4 Å². The first-order valence-corrected chi connectivity index (χ1v) is 10.2. The van der Waals surface area contributed by atoms with Crippen molar-refractivity contribution in [1.29, 1.82) is 0 Å². The maximum Gasteiger partial charge on any atom is 0.407 e. The number of H-pyrrole nitrogens is 1. The molecule has 0 saturated heterocycles. The number of hydrogen-bond donors (Lipinski definition) is 2. The van der Waals surface area contributed by atoms with Crippen molar-refractivity contribution in [3.63, 3.8) is 0 Å². The van der Waals surface area contributed by atoms with Crippen LogP contribution in [0, 0.1) is 0 Å². The molecule has 0 spiro atoms. The van der Waals surface area contributed by atoms with Crippen LogP contribution in [0.25, 0.3) is 11.2 Å². The number of aromatic nitrogens is 4. The lowest BCUT2D eigenvalue weighted by molar-refractivity contribution is 0.136. The summed E-state index contributed by atoms with van der Waals surface area (Å²) in [4.78, 5) is 45.7. The van der Waals surface area contributed by atoms with E-state index in [1.807, 2.05) is 13.8 Å². The minimum Gasteiger partial charge on any atom is -0.450 e. The first-order valence-electron chi connectivity index (χ1n) is 10.2. The molecule has 0 aliphatic heterocycles. The molecule has 1 fully saturated rings. The highest BCUT2D eigenvalue weighted by Crippen LogP contribution is 2.37. The maximum atomic E-state index is 12.9. The zero-order chi connectivity index (χ0) is 20.3. The highest BCUT2D eigenvalue weighted by atomic mass is 16.5. The monoisotopic (exact) mass is 391 g/mol. The van der Waals surface area contributed by atoms with Crippen molar-refractivity contribution in [2.75, 3.05) is 6.61 Å². The SMILES string of the molecule is CCCn1c(=O)c2[nH]c(C3(NC(=O)OCC)CCCC3)nc2n(CCC)c1=O. The summed E-state index contributed by atoms with van der Waals surface area (Å²) < 4.78 is 7.89. The quantitative estimate of drug-likeness (QED) is 0.752. The van der Waals surface area contributed by atoms with Crippen LogP contribution in [-0.4, -0.2) is 31.8 Å². The number of aryl methyl sites for hydroxylation is 1. The molecule has 0 unspecified atom stereocenters. The molecular weight excluding hydrogens is 362 g/mol. The average Bonchev–Trinajstić information content (AvgIpc) is 3.30. The minimum absolute atomic E-state index is 0.278. The maximum absolute atomic E-state index is 12.9. The number of nitrogens with zero attached hydrogens (tertiary/aromatic N) is 3. The molecule has 1 saturated carbocycles. The Bertz CT molecular complexity index is 965. The van der Waals surface area contributed by atoms with Gasteiger partial charge in [-0.1, -0.05) is 26.7 Å². The van der Waals surface area contributed by atoms with E-state index in [9.17, 15) is 14.4 Å². The van der Waals surface area contributed by atoms with Gasteiger partial charge < -0.3 is 15.0 Å². The molecule has 1 aliphatic carbocycles. The van der Waals surface area contributed by atoms with Crippen LogP contribution in [0.1, 0.15) is 65.1 Å². The fourth-order valence-corrected chi connectivity index (χ4v) is 4.00. The summed E-state index contributed by atoms with van der Waals surface area (Å²) in [6, 6.07) is 0. The second-order valence-corrected chi connectivity index (χ2v) is 7.31. The summed E-state index contributed by atoms with van der Waals surface area (Å²) in [6.07, 6.45) is 4.20. The molecule has 0 aromatic carbocycles. The molecule has 2 N–H and O–H groups in total. The zero-order valence-corrected chi connectivity index (χ0v) is 16.8. The van der Waals surface area contributed by atoms with Gasteiger partial charge in [0.2, 0.25) is 0 Å². The molecule has 154 valence electrons. The second kappa shape index (κ2) is 8.20. The molecule has 0 atom stereocenters. The number of carbonyl (C=O) groups is 1. The van der Waals surface area contributed by atoms with Crippen molar-refractivity contribution in [3.8, 4) is 0 Å². The van der Waals surface area contributed by atoms with E-state index in [0.717, 1.165) is 19.3 Å². The highest BCUT2D eigenvalue weighted by Gasteiger charge is 2.41. The zero-order valence-electron chi connectivity index (χ0n) is 16.8. The molecular formula is C19H29N5O4. The molecule has 1 amide bonds. The standard InChI is InChI=1S/C19H29N5O4/c1-4-11-23-14-13(15(25)24(12-5-2)18(23)27)20-16(21-14)19(9-7-8-10-19)22-17(26)28-6-3/h4-12H2,1-3H3,(H,20,21)(H,22,26). The van der Waals surface area contributed by atoms with Gasteiger partial charge in [-0.05, 0) is 32.6 Å². The first kappa shape index (κ1) is 20.2. The Kier molecular flexibility index (Phi) is 5.90. The van der Waals surface area contributed by atoms with E-state index in [4.69, 9.17) is 4.74 Å². The van der Waals surface area contributed by atoms with E-state index in [2.05, 4.69) is 15.3 Å². The van der Waals surface area contributed by atoms with Crippen LogP contribution in [0.3, 0.4) is 0 Å². The van der Waals surface area contributed by atoms with Crippen molar-refractivity contribution < 1.29 is 9.53 Å². The Balaban J connectivity index is 2.18. The van der Waals surface area contributed by atoms with Crippen LogP contribution in [0.2, 0.25) is 0 Å². The van der Waals surface area contributed by atoms with E-state index in [1.54, 1.807) is 11.5 Å². The van der Waals surface area contributed by atoms with E-state index in [-0.39, 0.29) is 17.9 Å². The normalized spacial score (nSPS) is 15.8. The van der Waals surface area contributed by atoms with Gasteiger partial charge in [0.1, 0.15) is 16.9 Å². The number of carbonyl (C=O) groups excluding carboxylic acids is 1. The number of imidazole rings is 1. The molecule has 9 nitrogen and oxygen atoms in total. The average molecular weight is 391 g/mol. The molecule has 9 heteroatoms. The number of hydrogen-bond acceptors (Lipinski definition) is 5. The van der Waals surface area contributed by atoms with Crippen molar-refractivity contribution in [1.82, 2.24) is 24.4 Å². The molecule has 3 rings (SSSR count). The van der Waals surface area contributed by atoms with Gasteiger partial charge >= 0.3 is 11.8 Å². The molecule has 2 heterocycles. The topological polar surface area (TPSA) is 111 Å². The third-order valence-electron chi connectivity index (χ3n) is 5.28. The third-order valence-corrected chi connectivity index (χ3v) is 5.28. The predicted molar refractivity (Wildman–Crippen MR) is 105 cm³/mol. The number of alkyl carbamates (subject to hydrolysis) is 1. The van der Waals surface area contributed by atoms with Gasteiger partial charge in [-0.3, -0.25) is 13.9 Å². The second-order valence-electron chi connectivity index (χ2n) is 7.31. The minimum atomic E-state index is -0.708. The lowest BCUT2D eigenvalue weighted by Crippen LogP contribution is -2.45. The number of fused-ring (bicyclic) bond motifs is 1. The Morgan fingerprint density at radius 2 is 1.79 bits per heavy atom. The Morgan fingerprint density at radius 3 is 2.39 bits per heavy atom. The number of ether oxygens (including phenoxy) is 1. The van der Waals surface area contributed by atoms with Crippen molar-refractivity contribution in [2.45, 2.75) is 77.9 Å². The molecule has 0 radical (unpaired) electrons. The van der Waals surface area contributed by atoms with Crippen LogP contribution >= 0.6 is 0 Å². The number of nitrogens with one attached hydrogen (secondary N) is 2. The molecule has 0 bridgehead atoms. The van der Waals surface area contributed by atoms with Gasteiger partial charge in [0.25, 0.3) is 5.56 Å². The summed E-state index contributed by atoms with van der Waals surface area (Å²) in [5, 5.41) is 2.94. The van der Waals surface area contributed by atoms with E-state index in [1.165, 1.54) is 4.57 Å². The Labute approximate surface area is 163 Å². The first-order chi connectivity index (χ1) is 13.5. The van der Waals surface area contributed by atoms with Crippen molar-refractivity contribution in [2.24, 2.45) is 0 Å². The predicted octanol–water partition coefficient (Wildman–Crippen LogP) is 2.22. The lowest BCUT2D eigenvalue weighted by Gasteiger charge is -2.27. The number of rotatable bonds is 7. The van der Waals surface area contributed by atoms with Gasteiger partial charge in [-0.25, -0.2) is 14.6 Å². The van der Waals surface area contributed by atoms with Gasteiger partial charge in [0.15, 0.2) is 5.65 Å². The molecule has 1 aliphatic rings. The number of aromatic amines is 1. The summed E-state index contributed by atoms with van der Waals surface area (Å²) >= 11 is 0. The third kappa shape index (κ3) is 3.45. The Morgan fingerprint density at radius 1 is 1.14 bits per heavy atom. The summed E-state index contributed by atoms with van der Waals surface area (Å²) in [5.41, 5.74) is -0.736. The fourth-order valence-electron chi connectivity index (χ4n) is 4.00. The van der Waals surface area contributed by atoms with Crippen molar-refractivity contribution in [3.05, 3.63) is 26.7 Å². The molecule has 28 heavy (non-hydrogen) atoms. The summed E-state index contributed by atoms with van der Waals surface area (Å²) in [7, 11) is 0. The smallest absolute Gasteiger partial charge is 0.407 e. The van der Waals surface area contributed by atoms with Gasteiger partial charge in [0.05, 0.1) is 6.61 Å². The lowest BCUT2D eigenvalue weighted by atomic mass is 9.97. The fraction of sp³-hybridized carbons (Fsp3) is 0.684. The highest BCUT2D eigenvalue weighted by molar-refractivity contribution is 5.72. The van der Waals surface area contributed by atoms with E-state index in [0.29, 0.717) is 49.3 Å². The van der Waals surface area contributed by atoms with Crippen LogP contribution in [0.5, 0.6) is 0 Å². The molecule has 2 aromatic rings. The van der Waals surface area contributed by atoms with E-state index >= 15 is 0 Å². The van der Waals surface area contributed by atoms with Crippen LogP contribution in [0.4, 0.5) is 4.79 Å². The largest absolute Gasteiger partial charge is 0.450 e. The van der Waals surface area contributed by atoms with Crippen LogP contribution < -0.4 is 16.6 Å². The van der Waals surface area contributed by atoms with Gasteiger partial charge in [-0.2, -0.15) is 0 Å². The summed E-state index contributed by atoms with van der Waals surface area (Å²) in [5.74, 6) is 0.517. The van der Waals surface area contributed by atoms with Crippen LogP contribution in [0.15, 0.2) is 9.59 Å². The molecule has 2 aromatic heterocycles. The van der Waals surface area contributed by atoms with Gasteiger partial charge in [-0.15, -0.1) is 0 Å². The van der Waals surface area contributed by atoms with Gasteiger partial charge in [0, 0.05) is 13.1 Å².